The molecule has 3 aromatic heterocycles. The number of nitrogens with one attached hydrogen (secondary N) is 1. The van der Waals surface area contributed by atoms with E-state index in [2.05, 4.69) is 30.3 Å². The maximum Gasteiger partial charge on any atom is 0.247 e. The van der Waals surface area contributed by atoms with Crippen LogP contribution in [-0.4, -0.2) is 42.6 Å². The highest BCUT2D eigenvalue weighted by atomic mass is 16.2. The molecule has 1 amide bonds. The van der Waals surface area contributed by atoms with E-state index in [1.807, 2.05) is 43.5 Å². The number of aromatic nitrogens is 5. The van der Waals surface area contributed by atoms with Crippen LogP contribution in [0.2, 0.25) is 0 Å². The van der Waals surface area contributed by atoms with Crippen molar-refractivity contribution >= 4 is 23.1 Å². The second kappa shape index (κ2) is 7.40. The Labute approximate surface area is 185 Å². The third-order valence-corrected chi connectivity index (χ3v) is 6.71. The van der Waals surface area contributed by atoms with Crippen molar-refractivity contribution in [2.75, 3.05) is 10.2 Å². The van der Waals surface area contributed by atoms with Gasteiger partial charge in [-0.3, -0.25) is 4.79 Å². The van der Waals surface area contributed by atoms with Gasteiger partial charge in [-0.05, 0) is 68.0 Å². The Morgan fingerprint density at radius 3 is 2.78 bits per heavy atom. The summed E-state index contributed by atoms with van der Waals surface area (Å²) in [5.74, 6) is 1.77. The Morgan fingerprint density at radius 1 is 1.09 bits per heavy atom. The fourth-order valence-corrected chi connectivity index (χ4v) is 4.89. The van der Waals surface area contributed by atoms with Crippen molar-refractivity contribution in [3.8, 4) is 11.4 Å². The van der Waals surface area contributed by atoms with Crippen molar-refractivity contribution in [2.24, 2.45) is 5.92 Å². The number of aryl methyl sites for hydroxylation is 1. The van der Waals surface area contributed by atoms with E-state index in [4.69, 9.17) is 0 Å². The fourth-order valence-electron chi connectivity index (χ4n) is 4.89. The number of anilines is 2. The molecule has 1 saturated heterocycles. The molecular formula is C24H23N7O. The van der Waals surface area contributed by atoms with Gasteiger partial charge in [0, 0.05) is 35.9 Å². The van der Waals surface area contributed by atoms with Crippen LogP contribution < -0.4 is 10.2 Å². The van der Waals surface area contributed by atoms with Gasteiger partial charge in [-0.2, -0.15) is 0 Å². The molecule has 160 valence electrons. The summed E-state index contributed by atoms with van der Waals surface area (Å²) in [6.45, 7) is 2.02. The van der Waals surface area contributed by atoms with Gasteiger partial charge in [-0.25, -0.2) is 19.5 Å². The number of benzene rings is 1. The lowest BCUT2D eigenvalue weighted by molar-refractivity contribution is -0.117. The van der Waals surface area contributed by atoms with E-state index >= 15 is 0 Å². The average Bonchev–Trinajstić information content (AvgIpc) is 3.37. The van der Waals surface area contributed by atoms with Crippen LogP contribution in [0.3, 0.4) is 0 Å². The number of rotatable bonds is 4. The first-order chi connectivity index (χ1) is 15.7. The first-order valence-corrected chi connectivity index (χ1v) is 10.9. The van der Waals surface area contributed by atoms with Gasteiger partial charge >= 0.3 is 0 Å². The van der Waals surface area contributed by atoms with Crippen LogP contribution in [0, 0.1) is 12.8 Å². The van der Waals surface area contributed by atoms with Crippen LogP contribution in [0.25, 0.3) is 16.9 Å². The standard InChI is InChI=1S/C24H23N7O/c1-15-5-7-17(13-19(15)22-27-14-18-4-2-11-30(18)29-22)28-23(32)21-12-16-6-8-20(16)31(21)24-25-9-3-10-26-24/h2-5,7,9-11,13-14,16,20-21H,6,8,12H2,1H3,(H,28,32)/t16-,20-,21?/m0/s1. The molecule has 2 aliphatic rings. The Hall–Kier alpha value is -3.81. The highest BCUT2D eigenvalue weighted by molar-refractivity contribution is 5.97. The van der Waals surface area contributed by atoms with Crippen LogP contribution in [0.1, 0.15) is 24.8 Å². The van der Waals surface area contributed by atoms with Crippen LogP contribution in [0.5, 0.6) is 0 Å². The summed E-state index contributed by atoms with van der Waals surface area (Å²) in [4.78, 5) is 28.8. The van der Waals surface area contributed by atoms with Crippen molar-refractivity contribution in [3.63, 3.8) is 0 Å². The predicted octanol–water partition coefficient (Wildman–Crippen LogP) is 3.49. The Morgan fingerprint density at radius 2 is 1.97 bits per heavy atom. The summed E-state index contributed by atoms with van der Waals surface area (Å²) in [7, 11) is 0. The van der Waals surface area contributed by atoms with Gasteiger partial charge in [0.25, 0.3) is 0 Å². The number of carbonyl (C=O) groups is 1. The molecule has 32 heavy (non-hydrogen) atoms. The molecule has 1 N–H and O–H groups in total. The minimum Gasteiger partial charge on any atom is -0.326 e. The number of fused-ring (bicyclic) bond motifs is 2. The van der Waals surface area contributed by atoms with Crippen molar-refractivity contribution < 1.29 is 4.79 Å². The van der Waals surface area contributed by atoms with Crippen molar-refractivity contribution in [2.45, 2.75) is 38.3 Å². The molecule has 1 unspecified atom stereocenters. The molecule has 0 spiro atoms. The first-order valence-electron chi connectivity index (χ1n) is 10.9. The summed E-state index contributed by atoms with van der Waals surface area (Å²) in [5.41, 5.74) is 3.62. The molecule has 1 aromatic carbocycles. The third-order valence-electron chi connectivity index (χ3n) is 6.71. The zero-order chi connectivity index (χ0) is 21.7. The van der Waals surface area contributed by atoms with Gasteiger partial charge in [-0.15, -0.1) is 5.10 Å². The van der Waals surface area contributed by atoms with Crippen LogP contribution in [0.15, 0.2) is 61.2 Å². The Kier molecular flexibility index (Phi) is 4.38. The maximum absolute atomic E-state index is 13.3. The van der Waals surface area contributed by atoms with E-state index in [9.17, 15) is 4.79 Å². The molecular weight excluding hydrogens is 402 g/mol. The quantitative estimate of drug-likeness (QED) is 0.538. The fraction of sp³-hybridized carbons (Fsp3) is 0.292. The number of hydrogen-bond acceptors (Lipinski definition) is 6. The van der Waals surface area contributed by atoms with Crippen LogP contribution in [0.4, 0.5) is 11.6 Å². The van der Waals surface area contributed by atoms with Crippen molar-refractivity contribution in [3.05, 3.63) is 66.7 Å². The lowest BCUT2D eigenvalue weighted by Crippen LogP contribution is -2.47. The largest absolute Gasteiger partial charge is 0.326 e. The average molecular weight is 425 g/mol. The molecule has 8 nitrogen and oxygen atoms in total. The SMILES string of the molecule is Cc1ccc(NC(=O)C2C[C@@H]3CC[C@@H]3N2c2ncccn2)cc1-c1ncc2cccn2n1. The van der Waals surface area contributed by atoms with Crippen molar-refractivity contribution in [1.82, 2.24) is 24.6 Å². The number of hydrogen-bond donors (Lipinski definition) is 1. The second-order valence-electron chi connectivity index (χ2n) is 8.59. The summed E-state index contributed by atoms with van der Waals surface area (Å²) >= 11 is 0. The van der Waals surface area contributed by atoms with E-state index in [0.717, 1.165) is 41.6 Å². The summed E-state index contributed by atoms with van der Waals surface area (Å²) in [5, 5.41) is 7.74. The molecule has 6 rings (SSSR count). The number of carbonyl (C=O) groups excluding carboxylic acids is 1. The second-order valence-corrected chi connectivity index (χ2v) is 8.59. The predicted molar refractivity (Wildman–Crippen MR) is 121 cm³/mol. The molecule has 8 heteroatoms. The smallest absolute Gasteiger partial charge is 0.247 e. The van der Waals surface area contributed by atoms with E-state index < -0.39 is 0 Å². The highest BCUT2D eigenvalue weighted by Gasteiger charge is 2.50. The third kappa shape index (κ3) is 3.10. The van der Waals surface area contributed by atoms with E-state index in [0.29, 0.717) is 23.7 Å². The van der Waals surface area contributed by atoms with Crippen molar-refractivity contribution in [1.29, 1.82) is 0 Å². The lowest BCUT2D eigenvalue weighted by atomic mass is 9.80. The van der Waals surface area contributed by atoms with Crippen LogP contribution >= 0.6 is 0 Å². The molecule has 3 atom stereocenters. The van der Waals surface area contributed by atoms with E-state index in [1.54, 1.807) is 29.2 Å². The molecule has 1 aliphatic heterocycles. The summed E-state index contributed by atoms with van der Waals surface area (Å²) in [6.07, 6.45) is 10.2. The van der Waals surface area contributed by atoms with Crippen LogP contribution in [-0.2, 0) is 4.79 Å². The van der Waals surface area contributed by atoms with E-state index in [-0.39, 0.29) is 11.9 Å². The molecule has 0 radical (unpaired) electrons. The molecule has 2 fully saturated rings. The van der Waals surface area contributed by atoms with Gasteiger partial charge < -0.3 is 10.2 Å². The summed E-state index contributed by atoms with van der Waals surface area (Å²) in [6, 6.07) is 11.6. The zero-order valence-electron chi connectivity index (χ0n) is 17.7. The molecule has 0 bridgehead atoms. The van der Waals surface area contributed by atoms with Gasteiger partial charge in [0.1, 0.15) is 6.04 Å². The molecule has 4 aromatic rings. The molecule has 1 saturated carbocycles. The van der Waals surface area contributed by atoms with E-state index in [1.165, 1.54) is 0 Å². The number of nitrogens with zero attached hydrogens (tertiary/aromatic N) is 6. The molecule has 4 heterocycles. The number of amides is 1. The highest BCUT2D eigenvalue weighted by Crippen LogP contribution is 2.45. The Balaban J connectivity index is 1.28. The monoisotopic (exact) mass is 425 g/mol. The summed E-state index contributed by atoms with van der Waals surface area (Å²) < 4.78 is 1.80. The van der Waals surface area contributed by atoms with Gasteiger partial charge in [0.05, 0.1) is 11.7 Å². The minimum absolute atomic E-state index is 0.0246. The Bertz CT molecular complexity index is 1300. The first kappa shape index (κ1) is 18.9. The maximum atomic E-state index is 13.3. The zero-order valence-corrected chi connectivity index (χ0v) is 17.7. The normalized spacial score (nSPS) is 21.9. The van der Waals surface area contributed by atoms with Gasteiger partial charge in [0.15, 0.2) is 5.82 Å². The van der Waals surface area contributed by atoms with Gasteiger partial charge in [0.2, 0.25) is 11.9 Å². The lowest BCUT2D eigenvalue weighted by Gasteiger charge is -2.36. The minimum atomic E-state index is -0.271. The molecule has 1 aliphatic carbocycles. The van der Waals surface area contributed by atoms with Gasteiger partial charge in [-0.1, -0.05) is 6.07 Å². The topological polar surface area (TPSA) is 88.3 Å².